The van der Waals surface area contributed by atoms with Crippen LogP contribution in [-0.4, -0.2) is 74.9 Å². The van der Waals surface area contributed by atoms with E-state index in [2.05, 4.69) is 0 Å². The van der Waals surface area contributed by atoms with Crippen LogP contribution in [0.1, 0.15) is 5.56 Å². The second kappa shape index (κ2) is 11.6. The second-order valence-electron chi connectivity index (χ2n) is 9.69. The van der Waals surface area contributed by atoms with Gasteiger partial charge in [-0.3, -0.25) is 4.79 Å². The number of esters is 1. The van der Waals surface area contributed by atoms with Crippen molar-refractivity contribution in [2.24, 2.45) is 0 Å². The number of rotatable bonds is 8. The number of phenolic OH excluding ortho intramolecular Hbond substituents is 4. The fourth-order valence-electron chi connectivity index (χ4n) is 4.38. The van der Waals surface area contributed by atoms with Gasteiger partial charge in [0.25, 0.3) is 0 Å². The lowest BCUT2D eigenvalue weighted by molar-refractivity contribution is -0.153. The number of aromatic hydroxyl groups is 4. The summed E-state index contributed by atoms with van der Waals surface area (Å²) in [5.74, 6) is -2.47. The fourth-order valence-corrected chi connectivity index (χ4v) is 4.38. The van der Waals surface area contributed by atoms with Crippen LogP contribution in [0.5, 0.6) is 34.5 Å². The number of phenols is 4. The van der Waals surface area contributed by atoms with Crippen molar-refractivity contribution in [2.45, 2.75) is 18.0 Å². The summed E-state index contributed by atoms with van der Waals surface area (Å²) in [4.78, 5) is 25.8. The van der Waals surface area contributed by atoms with E-state index in [9.17, 15) is 40.2 Å². The lowest BCUT2D eigenvalue weighted by atomic mass is 10.0. The van der Waals surface area contributed by atoms with Gasteiger partial charge in [-0.1, -0.05) is 6.07 Å². The van der Waals surface area contributed by atoms with Crippen molar-refractivity contribution in [1.82, 2.24) is 0 Å². The standard InChI is InChI=1S/C30H26O13/c1-39-21-10-15(2-8-19(21)33)3-9-23(35)40-13-30(38)14-41-29(28(30)37)43-27-25(36)24-20(34)11-18(32)12-22(24)42-26(27)16-4-6-17(31)7-5-16/h2-12,28-29,31-34,37-38H,13-14H2,1H3/b9-3+/t28-,29+,30?/m1/s1. The maximum Gasteiger partial charge on any atom is 0.330 e. The van der Waals surface area contributed by atoms with Gasteiger partial charge in [-0.15, -0.1) is 0 Å². The number of fused-ring (bicyclic) bond motifs is 1. The van der Waals surface area contributed by atoms with E-state index in [-0.39, 0.29) is 45.3 Å². The summed E-state index contributed by atoms with van der Waals surface area (Å²) in [7, 11) is 1.37. The van der Waals surface area contributed by atoms with Gasteiger partial charge in [0.1, 0.15) is 34.8 Å². The average molecular weight is 595 g/mol. The number of hydrogen-bond donors (Lipinski definition) is 6. The molecule has 1 aliphatic heterocycles. The first-order chi connectivity index (χ1) is 20.5. The highest BCUT2D eigenvalue weighted by Crippen LogP contribution is 2.38. The van der Waals surface area contributed by atoms with Crippen LogP contribution in [0.2, 0.25) is 0 Å². The Labute approximate surface area is 242 Å². The Balaban J connectivity index is 1.36. The molecule has 0 spiro atoms. The van der Waals surface area contributed by atoms with Crippen LogP contribution in [0, 0.1) is 0 Å². The second-order valence-corrected chi connectivity index (χ2v) is 9.69. The molecule has 0 amide bonds. The van der Waals surface area contributed by atoms with Gasteiger partial charge in [0, 0.05) is 23.8 Å². The maximum atomic E-state index is 13.5. The van der Waals surface area contributed by atoms with Crippen molar-refractivity contribution in [3.8, 4) is 45.8 Å². The topological polar surface area (TPSA) is 206 Å². The van der Waals surface area contributed by atoms with Crippen LogP contribution < -0.4 is 14.9 Å². The highest BCUT2D eigenvalue weighted by atomic mass is 16.7. The number of methoxy groups -OCH3 is 1. The molecule has 224 valence electrons. The summed E-state index contributed by atoms with van der Waals surface area (Å²) < 4.78 is 27.0. The number of hydrogen-bond acceptors (Lipinski definition) is 13. The first-order valence-corrected chi connectivity index (χ1v) is 12.7. The zero-order valence-electron chi connectivity index (χ0n) is 22.5. The minimum absolute atomic E-state index is 0.0727. The predicted molar refractivity (Wildman–Crippen MR) is 149 cm³/mol. The average Bonchev–Trinajstić information content (AvgIpc) is 3.25. The van der Waals surface area contributed by atoms with Crippen LogP contribution in [0.4, 0.5) is 0 Å². The number of aliphatic hydroxyl groups excluding tert-OH is 1. The molecule has 1 aromatic heterocycles. The van der Waals surface area contributed by atoms with Gasteiger partial charge in [-0.05, 0) is 48.0 Å². The Bertz CT molecular complexity index is 1760. The van der Waals surface area contributed by atoms with Gasteiger partial charge in [0.05, 0.1) is 13.7 Å². The summed E-state index contributed by atoms with van der Waals surface area (Å²) in [6, 6.07) is 11.9. The zero-order chi connectivity index (χ0) is 30.9. The van der Waals surface area contributed by atoms with Gasteiger partial charge in [-0.25, -0.2) is 4.79 Å². The van der Waals surface area contributed by atoms with E-state index < -0.39 is 54.1 Å². The lowest BCUT2D eigenvalue weighted by Crippen LogP contribution is -2.49. The summed E-state index contributed by atoms with van der Waals surface area (Å²) >= 11 is 0. The number of carbonyl (C=O) groups is 1. The molecule has 43 heavy (non-hydrogen) atoms. The van der Waals surface area contributed by atoms with Crippen molar-refractivity contribution in [3.05, 3.63) is 76.5 Å². The highest BCUT2D eigenvalue weighted by molar-refractivity contribution is 5.88. The molecule has 6 N–H and O–H groups in total. The predicted octanol–water partition coefficient (Wildman–Crippen LogP) is 2.37. The first-order valence-electron chi connectivity index (χ1n) is 12.7. The van der Waals surface area contributed by atoms with Gasteiger partial charge >= 0.3 is 5.97 Å². The highest BCUT2D eigenvalue weighted by Gasteiger charge is 2.51. The summed E-state index contributed by atoms with van der Waals surface area (Å²) in [6.07, 6.45) is -0.998. The van der Waals surface area contributed by atoms with Crippen molar-refractivity contribution < 1.29 is 58.8 Å². The van der Waals surface area contributed by atoms with Gasteiger partial charge < -0.3 is 54.0 Å². The molecule has 4 aromatic rings. The SMILES string of the molecule is COc1cc(/C=C/C(=O)OCC2(O)CO[C@@H](Oc3c(-c4ccc(O)cc4)oc4cc(O)cc(O)c4c3=O)[C@H]2O)ccc1O. The Morgan fingerprint density at radius 2 is 1.77 bits per heavy atom. The van der Waals surface area contributed by atoms with Crippen LogP contribution in [-0.2, 0) is 14.3 Å². The minimum atomic E-state index is -2.13. The third-order valence-electron chi connectivity index (χ3n) is 6.67. The fraction of sp³-hybridized carbons (Fsp3) is 0.200. The number of benzene rings is 3. The smallest absolute Gasteiger partial charge is 0.330 e. The van der Waals surface area contributed by atoms with Crippen molar-refractivity contribution in [2.75, 3.05) is 20.3 Å². The lowest BCUT2D eigenvalue weighted by Gasteiger charge is -2.25. The molecule has 13 heteroatoms. The third kappa shape index (κ3) is 5.90. The van der Waals surface area contributed by atoms with E-state index in [0.717, 1.165) is 18.2 Å². The van der Waals surface area contributed by atoms with Crippen LogP contribution >= 0.6 is 0 Å². The molecule has 1 aliphatic rings. The zero-order valence-corrected chi connectivity index (χ0v) is 22.5. The molecule has 0 bridgehead atoms. The van der Waals surface area contributed by atoms with Crippen LogP contribution in [0.25, 0.3) is 28.4 Å². The summed E-state index contributed by atoms with van der Waals surface area (Å²) in [5.41, 5.74) is -2.41. The largest absolute Gasteiger partial charge is 0.508 e. The van der Waals surface area contributed by atoms with E-state index in [1.54, 1.807) is 0 Å². The van der Waals surface area contributed by atoms with E-state index in [0.29, 0.717) is 5.56 Å². The van der Waals surface area contributed by atoms with Crippen molar-refractivity contribution in [1.29, 1.82) is 0 Å². The molecule has 2 heterocycles. The number of carbonyl (C=O) groups excluding carboxylic acids is 1. The Morgan fingerprint density at radius 1 is 1.02 bits per heavy atom. The summed E-state index contributed by atoms with van der Waals surface area (Å²) in [5, 5.41) is 61.1. The molecular weight excluding hydrogens is 568 g/mol. The molecule has 3 aromatic carbocycles. The molecule has 1 saturated heterocycles. The Morgan fingerprint density at radius 3 is 2.49 bits per heavy atom. The van der Waals surface area contributed by atoms with Gasteiger partial charge in [0.2, 0.25) is 17.5 Å². The van der Waals surface area contributed by atoms with E-state index in [1.807, 2.05) is 0 Å². The quantitative estimate of drug-likeness (QED) is 0.128. The van der Waals surface area contributed by atoms with E-state index in [4.69, 9.17) is 23.4 Å². The Kier molecular flexibility index (Phi) is 7.87. The monoisotopic (exact) mass is 594 g/mol. The molecule has 1 unspecified atom stereocenters. The molecule has 0 saturated carbocycles. The number of ether oxygens (including phenoxy) is 4. The van der Waals surface area contributed by atoms with Crippen LogP contribution in [0.15, 0.2) is 69.9 Å². The van der Waals surface area contributed by atoms with Gasteiger partial charge in [0.15, 0.2) is 29.0 Å². The van der Waals surface area contributed by atoms with E-state index >= 15 is 0 Å². The number of aliphatic hydroxyl groups is 2. The third-order valence-corrected chi connectivity index (χ3v) is 6.67. The minimum Gasteiger partial charge on any atom is -0.508 e. The van der Waals surface area contributed by atoms with Crippen LogP contribution in [0.3, 0.4) is 0 Å². The molecule has 13 nitrogen and oxygen atoms in total. The Hall–Kier alpha value is -5.24. The van der Waals surface area contributed by atoms with Gasteiger partial charge in [-0.2, -0.15) is 0 Å². The normalized spacial score (nSPS) is 20.0. The molecule has 5 rings (SSSR count). The van der Waals surface area contributed by atoms with Crippen molar-refractivity contribution in [3.63, 3.8) is 0 Å². The molecule has 0 radical (unpaired) electrons. The first kappa shape index (κ1) is 29.3. The maximum absolute atomic E-state index is 13.5. The summed E-state index contributed by atoms with van der Waals surface area (Å²) in [6.45, 7) is -1.25. The van der Waals surface area contributed by atoms with Crippen molar-refractivity contribution >= 4 is 23.0 Å². The molecular formula is C30H26O13. The van der Waals surface area contributed by atoms with E-state index in [1.165, 1.54) is 55.7 Å². The molecule has 0 aliphatic carbocycles. The molecule has 3 atom stereocenters. The molecule has 1 fully saturated rings.